The summed E-state index contributed by atoms with van der Waals surface area (Å²) in [4.78, 5) is 18.8. The molecule has 2 aromatic heterocycles. The predicted molar refractivity (Wildman–Crippen MR) is 72.7 cm³/mol. The molecule has 1 saturated carbocycles. The summed E-state index contributed by atoms with van der Waals surface area (Å²) in [5.74, 6) is 2.81. The van der Waals surface area contributed by atoms with E-state index in [1.165, 1.54) is 0 Å². The third kappa shape index (κ3) is 2.24. The topological polar surface area (TPSA) is 72.4 Å². The number of furan rings is 1. The summed E-state index contributed by atoms with van der Waals surface area (Å²) in [6.07, 6.45) is 4.07. The van der Waals surface area contributed by atoms with E-state index < -0.39 is 0 Å². The molecule has 1 unspecified atom stereocenters. The Bertz CT molecular complexity index is 671. The van der Waals surface area contributed by atoms with Crippen LogP contribution in [0.25, 0.3) is 0 Å². The molecule has 3 heterocycles. The Morgan fingerprint density at radius 3 is 2.90 bits per heavy atom. The van der Waals surface area contributed by atoms with Crippen molar-refractivity contribution < 1.29 is 13.7 Å². The highest BCUT2D eigenvalue weighted by Gasteiger charge is 2.37. The second kappa shape index (κ2) is 4.72. The molecule has 0 aromatic carbocycles. The van der Waals surface area contributed by atoms with Gasteiger partial charge in [-0.15, -0.1) is 0 Å². The van der Waals surface area contributed by atoms with Crippen LogP contribution in [0.15, 0.2) is 21.1 Å². The van der Waals surface area contributed by atoms with Crippen molar-refractivity contribution in [3.05, 3.63) is 35.4 Å². The average Bonchev–Trinajstić information content (AvgIpc) is 2.94. The summed E-state index contributed by atoms with van der Waals surface area (Å²) in [6, 6.07) is 3.43. The van der Waals surface area contributed by atoms with Crippen molar-refractivity contribution in [3.63, 3.8) is 0 Å². The minimum atomic E-state index is -0.0980. The number of nitrogens with zero attached hydrogens (tertiary/aromatic N) is 3. The smallest absolute Gasteiger partial charge is 0.290 e. The van der Waals surface area contributed by atoms with Gasteiger partial charge in [-0.1, -0.05) is 5.16 Å². The number of aromatic nitrogens is 2. The third-order valence-corrected chi connectivity index (χ3v) is 4.15. The molecule has 1 amide bonds. The lowest BCUT2D eigenvalue weighted by molar-refractivity contribution is 0.0694. The number of rotatable bonds is 3. The third-order valence-electron chi connectivity index (χ3n) is 4.15. The van der Waals surface area contributed by atoms with Crippen LogP contribution in [-0.4, -0.2) is 27.5 Å². The van der Waals surface area contributed by atoms with Gasteiger partial charge in [0.15, 0.2) is 11.6 Å². The van der Waals surface area contributed by atoms with Gasteiger partial charge in [-0.25, -0.2) is 0 Å². The summed E-state index contributed by atoms with van der Waals surface area (Å²) < 4.78 is 10.8. The molecule has 0 radical (unpaired) electrons. The zero-order valence-corrected chi connectivity index (χ0v) is 11.9. The zero-order valence-electron chi connectivity index (χ0n) is 11.9. The molecule has 2 aromatic rings. The first-order chi connectivity index (χ1) is 10.2. The highest BCUT2D eigenvalue weighted by molar-refractivity contribution is 5.92. The van der Waals surface area contributed by atoms with E-state index in [9.17, 15) is 4.79 Å². The minimum absolute atomic E-state index is 0.0941. The van der Waals surface area contributed by atoms with E-state index in [4.69, 9.17) is 8.94 Å². The molecule has 1 aliphatic heterocycles. The van der Waals surface area contributed by atoms with Crippen molar-refractivity contribution in [1.29, 1.82) is 0 Å². The molecule has 6 nitrogen and oxygen atoms in total. The zero-order chi connectivity index (χ0) is 14.4. The molecule has 4 rings (SSSR count). The van der Waals surface area contributed by atoms with E-state index in [2.05, 4.69) is 10.1 Å². The summed E-state index contributed by atoms with van der Waals surface area (Å²) in [5.41, 5.74) is 0. The van der Waals surface area contributed by atoms with Gasteiger partial charge in [-0.2, -0.15) is 4.98 Å². The Hall–Kier alpha value is -2.11. The molecular formula is C15H17N3O3. The average molecular weight is 287 g/mol. The molecule has 6 heteroatoms. The maximum atomic E-state index is 12.5. The number of aryl methyl sites for hydroxylation is 1. The Balaban J connectivity index is 1.57. The molecule has 2 fully saturated rings. The van der Waals surface area contributed by atoms with Gasteiger partial charge in [-0.3, -0.25) is 4.79 Å². The van der Waals surface area contributed by atoms with Gasteiger partial charge in [0.2, 0.25) is 5.89 Å². The van der Waals surface area contributed by atoms with Crippen LogP contribution in [0.4, 0.5) is 0 Å². The van der Waals surface area contributed by atoms with Crippen LogP contribution in [0.3, 0.4) is 0 Å². The van der Waals surface area contributed by atoms with Gasteiger partial charge < -0.3 is 13.8 Å². The van der Waals surface area contributed by atoms with Crippen LogP contribution in [0.1, 0.15) is 65.7 Å². The van der Waals surface area contributed by atoms with Crippen LogP contribution in [0.2, 0.25) is 0 Å². The Morgan fingerprint density at radius 1 is 1.33 bits per heavy atom. The van der Waals surface area contributed by atoms with Crippen molar-refractivity contribution in [2.45, 2.75) is 44.6 Å². The van der Waals surface area contributed by atoms with Gasteiger partial charge in [0.1, 0.15) is 5.76 Å². The van der Waals surface area contributed by atoms with E-state index in [0.717, 1.165) is 37.3 Å². The van der Waals surface area contributed by atoms with Crippen LogP contribution in [0.5, 0.6) is 0 Å². The fourth-order valence-electron chi connectivity index (χ4n) is 2.85. The normalized spacial score (nSPS) is 22.0. The second-order valence-electron chi connectivity index (χ2n) is 5.83. The number of carbonyl (C=O) groups excluding carboxylic acids is 1. The Labute approximate surface area is 122 Å². The van der Waals surface area contributed by atoms with Gasteiger partial charge in [0.25, 0.3) is 5.91 Å². The first-order valence-electron chi connectivity index (χ1n) is 7.43. The summed E-state index contributed by atoms with van der Waals surface area (Å²) in [7, 11) is 0. The molecular weight excluding hydrogens is 270 g/mol. The minimum Gasteiger partial charge on any atom is -0.456 e. The fourth-order valence-corrected chi connectivity index (χ4v) is 2.85. The molecule has 1 atom stereocenters. The lowest BCUT2D eigenvalue weighted by Gasteiger charge is -2.20. The summed E-state index contributed by atoms with van der Waals surface area (Å²) >= 11 is 0. The van der Waals surface area contributed by atoms with Gasteiger partial charge in [-0.05, 0) is 44.7 Å². The summed E-state index contributed by atoms with van der Waals surface area (Å²) in [6.45, 7) is 2.54. The number of amides is 1. The van der Waals surface area contributed by atoms with Gasteiger partial charge in [0, 0.05) is 12.5 Å². The first kappa shape index (κ1) is 12.6. The van der Waals surface area contributed by atoms with Crippen molar-refractivity contribution in [2.75, 3.05) is 6.54 Å². The maximum absolute atomic E-state index is 12.5. The number of carbonyl (C=O) groups is 1. The fraction of sp³-hybridized carbons (Fsp3) is 0.533. The van der Waals surface area contributed by atoms with E-state index in [0.29, 0.717) is 24.0 Å². The van der Waals surface area contributed by atoms with E-state index in [1.807, 2.05) is 6.92 Å². The monoisotopic (exact) mass is 287 g/mol. The van der Waals surface area contributed by atoms with Crippen LogP contribution in [-0.2, 0) is 0 Å². The number of hydrogen-bond acceptors (Lipinski definition) is 5. The SMILES string of the molecule is Cc1ccc(C(=O)N2CCCC2c2noc(C3CC3)n2)o1. The van der Waals surface area contributed by atoms with Crippen molar-refractivity contribution in [3.8, 4) is 0 Å². The largest absolute Gasteiger partial charge is 0.456 e. The molecule has 0 bridgehead atoms. The van der Waals surface area contributed by atoms with E-state index in [-0.39, 0.29) is 11.9 Å². The van der Waals surface area contributed by atoms with Crippen molar-refractivity contribution in [1.82, 2.24) is 15.0 Å². The maximum Gasteiger partial charge on any atom is 0.290 e. The van der Waals surface area contributed by atoms with E-state index >= 15 is 0 Å². The molecule has 0 spiro atoms. The lowest BCUT2D eigenvalue weighted by atomic mass is 10.2. The number of hydrogen-bond donors (Lipinski definition) is 0. The Morgan fingerprint density at radius 2 is 2.19 bits per heavy atom. The molecule has 21 heavy (non-hydrogen) atoms. The van der Waals surface area contributed by atoms with Gasteiger partial charge >= 0.3 is 0 Å². The van der Waals surface area contributed by atoms with Crippen LogP contribution >= 0.6 is 0 Å². The molecule has 1 aliphatic carbocycles. The van der Waals surface area contributed by atoms with Crippen LogP contribution in [0, 0.1) is 6.92 Å². The van der Waals surface area contributed by atoms with Gasteiger partial charge in [0.05, 0.1) is 6.04 Å². The lowest BCUT2D eigenvalue weighted by Crippen LogP contribution is -2.30. The highest BCUT2D eigenvalue weighted by Crippen LogP contribution is 2.40. The Kier molecular flexibility index (Phi) is 2.83. The standard InChI is InChI=1S/C15H17N3O3/c1-9-4-7-12(20-9)15(19)18-8-2-3-11(18)13-16-14(21-17-13)10-5-6-10/h4,7,10-11H,2-3,5-6,8H2,1H3. The quantitative estimate of drug-likeness (QED) is 0.868. The van der Waals surface area contributed by atoms with Crippen molar-refractivity contribution in [2.24, 2.45) is 0 Å². The molecule has 2 aliphatic rings. The second-order valence-corrected chi connectivity index (χ2v) is 5.83. The highest BCUT2D eigenvalue weighted by atomic mass is 16.5. The van der Waals surface area contributed by atoms with E-state index in [1.54, 1.807) is 17.0 Å². The van der Waals surface area contributed by atoms with Crippen molar-refractivity contribution >= 4 is 5.91 Å². The molecule has 1 saturated heterocycles. The first-order valence-corrected chi connectivity index (χ1v) is 7.43. The number of likely N-dealkylation sites (tertiary alicyclic amines) is 1. The predicted octanol–water partition coefficient (Wildman–Crippen LogP) is 2.83. The molecule has 0 N–H and O–H groups in total. The molecule has 110 valence electrons. The van der Waals surface area contributed by atoms with Crippen LogP contribution < -0.4 is 0 Å². The summed E-state index contributed by atoms with van der Waals surface area (Å²) in [5, 5.41) is 4.08.